The van der Waals surface area contributed by atoms with E-state index in [0.29, 0.717) is 18.2 Å². The second-order valence-electron chi connectivity index (χ2n) is 4.10. The molecule has 3 N–H and O–H groups in total. The predicted octanol–water partition coefficient (Wildman–Crippen LogP) is 0.351. The number of oxime groups is 1. The average Bonchev–Trinajstić information content (AvgIpc) is 2.36. The van der Waals surface area contributed by atoms with E-state index in [1.807, 2.05) is 25.8 Å². The fraction of sp³-hybridized carbons (Fsp3) is 0.545. The van der Waals surface area contributed by atoms with E-state index in [1.54, 1.807) is 13.2 Å². The van der Waals surface area contributed by atoms with Crippen LogP contribution in [0, 0.1) is 6.92 Å². The maximum atomic E-state index is 8.67. The Labute approximate surface area is 106 Å². The third-order valence-electron chi connectivity index (χ3n) is 2.60. The monoisotopic (exact) mass is 253 g/mol. The van der Waals surface area contributed by atoms with Crippen LogP contribution < -0.4 is 10.6 Å². The third kappa shape index (κ3) is 3.30. The van der Waals surface area contributed by atoms with Crippen molar-refractivity contribution in [3.05, 3.63) is 17.5 Å². The largest absolute Gasteiger partial charge is 0.409 e. The molecule has 18 heavy (non-hydrogen) atoms. The highest BCUT2D eigenvalue weighted by atomic mass is 16.5. The summed E-state index contributed by atoms with van der Waals surface area (Å²) in [7, 11) is 3.51. The van der Waals surface area contributed by atoms with E-state index in [0.717, 1.165) is 5.69 Å². The normalized spacial score (nSPS) is 13.4. The molecular weight excluding hydrogens is 234 g/mol. The number of likely N-dealkylation sites (N-methyl/N-ethyl adjacent to an activating group) is 1. The molecule has 0 bridgehead atoms. The summed E-state index contributed by atoms with van der Waals surface area (Å²) in [5.74, 6) is 0.482. The van der Waals surface area contributed by atoms with Crippen molar-refractivity contribution in [3.8, 4) is 0 Å². The van der Waals surface area contributed by atoms with Crippen molar-refractivity contribution >= 4 is 11.8 Å². The first-order valence-electron chi connectivity index (χ1n) is 5.55. The van der Waals surface area contributed by atoms with Crippen LogP contribution in [0.3, 0.4) is 0 Å². The molecule has 0 saturated heterocycles. The minimum absolute atomic E-state index is 0.0328. The molecule has 0 radical (unpaired) electrons. The summed E-state index contributed by atoms with van der Waals surface area (Å²) in [6, 6.07) is 1.78. The van der Waals surface area contributed by atoms with Crippen LogP contribution in [-0.2, 0) is 4.74 Å². The topological polar surface area (TPSA) is 96.9 Å². The second-order valence-corrected chi connectivity index (χ2v) is 4.10. The van der Waals surface area contributed by atoms with E-state index < -0.39 is 0 Å². The van der Waals surface area contributed by atoms with Gasteiger partial charge < -0.3 is 20.6 Å². The van der Waals surface area contributed by atoms with Gasteiger partial charge >= 0.3 is 0 Å². The Morgan fingerprint density at radius 3 is 2.83 bits per heavy atom. The number of amidine groups is 1. The van der Waals surface area contributed by atoms with E-state index in [4.69, 9.17) is 15.7 Å². The molecule has 1 aromatic heterocycles. The smallest absolute Gasteiger partial charge is 0.226 e. The van der Waals surface area contributed by atoms with Crippen LogP contribution in [0.1, 0.15) is 18.3 Å². The molecular formula is C11H19N5O2. The summed E-state index contributed by atoms with van der Waals surface area (Å²) in [4.78, 5) is 10.5. The number of ether oxygens (including phenoxy) is 1. The first-order valence-corrected chi connectivity index (χ1v) is 5.55. The number of nitrogens with two attached hydrogens (primary N) is 1. The molecule has 0 aromatic carbocycles. The number of methoxy groups -OCH3 is 1. The lowest BCUT2D eigenvalue weighted by Gasteiger charge is -2.24. The average molecular weight is 253 g/mol. The standard InChI is InChI=1S/C11H19N5O2/c1-7-5-9(10(12)15-17)14-11(13-7)16(3)8(2)6-18-4/h5,8,17H,6H2,1-4H3,(H2,12,15). The molecule has 0 amide bonds. The second kappa shape index (κ2) is 6.15. The molecule has 1 aromatic rings. The molecule has 100 valence electrons. The van der Waals surface area contributed by atoms with Crippen LogP contribution in [-0.4, -0.2) is 47.8 Å². The zero-order valence-electron chi connectivity index (χ0n) is 11.1. The predicted molar refractivity (Wildman–Crippen MR) is 69.0 cm³/mol. The number of anilines is 1. The lowest BCUT2D eigenvalue weighted by atomic mass is 10.3. The molecule has 1 unspecified atom stereocenters. The van der Waals surface area contributed by atoms with Crippen molar-refractivity contribution < 1.29 is 9.94 Å². The number of aromatic nitrogens is 2. The van der Waals surface area contributed by atoms with Gasteiger partial charge in [-0.25, -0.2) is 9.97 Å². The Kier molecular flexibility index (Phi) is 4.85. The molecule has 0 aliphatic rings. The van der Waals surface area contributed by atoms with E-state index in [-0.39, 0.29) is 11.9 Å². The van der Waals surface area contributed by atoms with Gasteiger partial charge in [0.05, 0.1) is 12.6 Å². The van der Waals surface area contributed by atoms with E-state index in [9.17, 15) is 0 Å². The van der Waals surface area contributed by atoms with Crippen molar-refractivity contribution in [2.75, 3.05) is 25.7 Å². The zero-order chi connectivity index (χ0) is 13.7. The molecule has 1 atom stereocenters. The number of nitrogens with zero attached hydrogens (tertiary/aromatic N) is 4. The molecule has 0 fully saturated rings. The molecule has 0 aliphatic heterocycles. The van der Waals surface area contributed by atoms with Crippen molar-refractivity contribution in [1.82, 2.24) is 9.97 Å². The summed E-state index contributed by atoms with van der Waals surface area (Å²) < 4.78 is 5.09. The van der Waals surface area contributed by atoms with Crippen LogP contribution in [0.25, 0.3) is 0 Å². The first-order chi connectivity index (χ1) is 8.49. The fourth-order valence-corrected chi connectivity index (χ4v) is 1.44. The SMILES string of the molecule is COCC(C)N(C)c1nc(C)cc(/C(N)=N/O)n1. The Balaban J connectivity index is 3.06. The van der Waals surface area contributed by atoms with Crippen molar-refractivity contribution in [1.29, 1.82) is 0 Å². The van der Waals surface area contributed by atoms with Gasteiger partial charge in [-0.3, -0.25) is 0 Å². The number of rotatable bonds is 5. The highest BCUT2D eigenvalue weighted by molar-refractivity contribution is 5.95. The van der Waals surface area contributed by atoms with Crippen LogP contribution in [0.15, 0.2) is 11.2 Å². The van der Waals surface area contributed by atoms with E-state index in [2.05, 4.69) is 15.1 Å². The van der Waals surface area contributed by atoms with Gasteiger partial charge in [-0.15, -0.1) is 0 Å². The summed E-state index contributed by atoms with van der Waals surface area (Å²) in [5.41, 5.74) is 6.68. The molecule has 0 spiro atoms. The molecule has 7 nitrogen and oxygen atoms in total. The quantitative estimate of drug-likeness (QED) is 0.340. The van der Waals surface area contributed by atoms with Gasteiger partial charge in [-0.2, -0.15) is 0 Å². The molecule has 0 aliphatic carbocycles. The zero-order valence-corrected chi connectivity index (χ0v) is 11.1. The van der Waals surface area contributed by atoms with Crippen molar-refractivity contribution in [2.45, 2.75) is 19.9 Å². The van der Waals surface area contributed by atoms with Gasteiger partial charge in [-0.05, 0) is 19.9 Å². The fourth-order valence-electron chi connectivity index (χ4n) is 1.44. The Morgan fingerprint density at radius 1 is 1.61 bits per heavy atom. The summed E-state index contributed by atoms with van der Waals surface area (Å²) >= 11 is 0. The van der Waals surface area contributed by atoms with Crippen LogP contribution in [0.2, 0.25) is 0 Å². The van der Waals surface area contributed by atoms with Gasteiger partial charge in [0.1, 0.15) is 5.69 Å². The lowest BCUT2D eigenvalue weighted by Crippen LogP contribution is -2.34. The molecule has 1 heterocycles. The Morgan fingerprint density at radius 2 is 2.28 bits per heavy atom. The third-order valence-corrected chi connectivity index (χ3v) is 2.60. The van der Waals surface area contributed by atoms with Crippen LogP contribution in [0.5, 0.6) is 0 Å². The van der Waals surface area contributed by atoms with Gasteiger partial charge in [0.2, 0.25) is 5.95 Å². The summed E-state index contributed by atoms with van der Waals surface area (Å²) in [6.07, 6.45) is 0. The number of aryl methyl sites for hydroxylation is 1. The highest BCUT2D eigenvalue weighted by Gasteiger charge is 2.14. The summed E-state index contributed by atoms with van der Waals surface area (Å²) in [5, 5.41) is 11.6. The highest BCUT2D eigenvalue weighted by Crippen LogP contribution is 2.11. The minimum atomic E-state index is -0.0328. The van der Waals surface area contributed by atoms with E-state index >= 15 is 0 Å². The van der Waals surface area contributed by atoms with Crippen molar-refractivity contribution in [2.24, 2.45) is 10.9 Å². The minimum Gasteiger partial charge on any atom is -0.409 e. The van der Waals surface area contributed by atoms with Crippen LogP contribution in [0.4, 0.5) is 5.95 Å². The Hall–Kier alpha value is -1.89. The Bertz CT molecular complexity index is 435. The van der Waals surface area contributed by atoms with Gasteiger partial charge in [-0.1, -0.05) is 5.16 Å². The van der Waals surface area contributed by atoms with Crippen LogP contribution >= 0.6 is 0 Å². The maximum Gasteiger partial charge on any atom is 0.226 e. The molecule has 1 rings (SSSR count). The van der Waals surface area contributed by atoms with E-state index in [1.165, 1.54) is 0 Å². The maximum absolute atomic E-state index is 8.67. The van der Waals surface area contributed by atoms with Crippen molar-refractivity contribution in [3.63, 3.8) is 0 Å². The molecule has 0 saturated carbocycles. The number of hydrogen-bond donors (Lipinski definition) is 2. The van der Waals surface area contributed by atoms with Gasteiger partial charge in [0.25, 0.3) is 0 Å². The van der Waals surface area contributed by atoms with Gasteiger partial charge in [0, 0.05) is 19.9 Å². The first kappa shape index (κ1) is 14.2. The molecule has 7 heteroatoms. The number of hydrogen-bond acceptors (Lipinski definition) is 6. The summed E-state index contributed by atoms with van der Waals surface area (Å²) in [6.45, 7) is 4.39. The van der Waals surface area contributed by atoms with Gasteiger partial charge in [0.15, 0.2) is 5.84 Å². The lowest BCUT2D eigenvalue weighted by molar-refractivity contribution is 0.183.